The van der Waals surface area contributed by atoms with Gasteiger partial charge in [-0.2, -0.15) is 0 Å². The van der Waals surface area contributed by atoms with Crippen LogP contribution >= 0.6 is 0 Å². The number of hydrogen-bond donors (Lipinski definition) is 3. The minimum Gasteiger partial charge on any atom is -0.481 e. The van der Waals surface area contributed by atoms with Gasteiger partial charge in [0.25, 0.3) is 5.91 Å². The lowest BCUT2D eigenvalue weighted by molar-refractivity contribution is -0.137. The van der Waals surface area contributed by atoms with Crippen LogP contribution in [0, 0.1) is 0 Å². The number of aromatic nitrogens is 1. The maximum Gasteiger partial charge on any atom is 0.303 e. The number of aromatic amines is 1. The summed E-state index contributed by atoms with van der Waals surface area (Å²) in [7, 11) is 0. The third kappa shape index (κ3) is 4.91. The summed E-state index contributed by atoms with van der Waals surface area (Å²) in [5, 5.41) is 12.5. The van der Waals surface area contributed by atoms with E-state index in [-0.39, 0.29) is 12.3 Å². The van der Waals surface area contributed by atoms with Crippen molar-refractivity contribution in [2.75, 3.05) is 6.54 Å². The molecule has 22 heavy (non-hydrogen) atoms. The Bertz CT molecular complexity index is 634. The number of fused-ring (bicyclic) bond motifs is 1. The number of hydrogen-bond acceptors (Lipinski definition) is 2. The van der Waals surface area contributed by atoms with Crippen LogP contribution in [0.3, 0.4) is 0 Å². The van der Waals surface area contributed by atoms with Crippen molar-refractivity contribution in [3.63, 3.8) is 0 Å². The fourth-order valence-corrected chi connectivity index (χ4v) is 2.43. The van der Waals surface area contributed by atoms with Crippen molar-refractivity contribution >= 4 is 22.8 Å². The van der Waals surface area contributed by atoms with E-state index in [1.54, 1.807) is 0 Å². The summed E-state index contributed by atoms with van der Waals surface area (Å²) < 4.78 is 0. The number of carboxylic acid groups (broad SMARTS) is 1. The lowest BCUT2D eigenvalue weighted by atomic mass is 10.1. The Morgan fingerprint density at radius 1 is 1.05 bits per heavy atom. The van der Waals surface area contributed by atoms with Crippen LogP contribution in [0.2, 0.25) is 0 Å². The van der Waals surface area contributed by atoms with Gasteiger partial charge in [-0.3, -0.25) is 9.59 Å². The maximum absolute atomic E-state index is 12.0. The molecule has 0 aliphatic rings. The Balaban J connectivity index is 1.62. The van der Waals surface area contributed by atoms with Gasteiger partial charge in [0.15, 0.2) is 0 Å². The van der Waals surface area contributed by atoms with Gasteiger partial charge in [-0.05, 0) is 37.1 Å². The smallest absolute Gasteiger partial charge is 0.303 e. The number of amides is 1. The minimum absolute atomic E-state index is 0.0472. The molecule has 1 aromatic heterocycles. The third-order valence-corrected chi connectivity index (χ3v) is 3.67. The molecule has 3 N–H and O–H groups in total. The standard InChI is InChI=1S/C17H22N2O3/c20-16(21)6-4-2-1-3-5-10-19-17(22)14-7-8-15-13(12-14)9-11-18-15/h7-9,11-12,18H,1-6,10H2,(H,19,22)(H,20,21). The van der Waals surface area contributed by atoms with Crippen molar-refractivity contribution in [1.29, 1.82) is 0 Å². The number of carbonyl (C=O) groups is 2. The first-order valence-corrected chi connectivity index (χ1v) is 7.74. The van der Waals surface area contributed by atoms with E-state index in [2.05, 4.69) is 10.3 Å². The lowest BCUT2D eigenvalue weighted by Crippen LogP contribution is -2.24. The van der Waals surface area contributed by atoms with Crippen molar-refractivity contribution in [1.82, 2.24) is 10.3 Å². The molecule has 0 atom stereocenters. The van der Waals surface area contributed by atoms with Gasteiger partial charge in [0.2, 0.25) is 0 Å². The predicted molar refractivity (Wildman–Crippen MR) is 86.0 cm³/mol. The van der Waals surface area contributed by atoms with Gasteiger partial charge in [-0.1, -0.05) is 19.3 Å². The normalized spacial score (nSPS) is 10.7. The first-order valence-electron chi connectivity index (χ1n) is 7.74. The Hall–Kier alpha value is -2.30. The fraction of sp³-hybridized carbons (Fsp3) is 0.412. The number of unbranched alkanes of at least 4 members (excludes halogenated alkanes) is 4. The number of aliphatic carboxylic acids is 1. The van der Waals surface area contributed by atoms with Crippen LogP contribution in [0.5, 0.6) is 0 Å². The van der Waals surface area contributed by atoms with E-state index in [9.17, 15) is 9.59 Å². The Labute approximate surface area is 129 Å². The van der Waals surface area contributed by atoms with E-state index >= 15 is 0 Å². The van der Waals surface area contributed by atoms with Crippen molar-refractivity contribution in [3.8, 4) is 0 Å². The quantitative estimate of drug-likeness (QED) is 0.621. The Kier molecular flexibility index (Phi) is 6.01. The molecule has 5 nitrogen and oxygen atoms in total. The van der Waals surface area contributed by atoms with Crippen molar-refractivity contribution in [2.24, 2.45) is 0 Å². The second-order valence-corrected chi connectivity index (χ2v) is 5.45. The average molecular weight is 302 g/mol. The number of H-pyrrole nitrogens is 1. The fourth-order valence-electron chi connectivity index (χ4n) is 2.43. The molecule has 118 valence electrons. The first kappa shape index (κ1) is 16.1. The topological polar surface area (TPSA) is 82.2 Å². The van der Waals surface area contributed by atoms with Crippen LogP contribution in [0.15, 0.2) is 30.5 Å². The zero-order chi connectivity index (χ0) is 15.8. The zero-order valence-corrected chi connectivity index (χ0v) is 12.6. The van der Waals surface area contributed by atoms with Crippen molar-refractivity contribution in [2.45, 2.75) is 38.5 Å². The Morgan fingerprint density at radius 2 is 1.82 bits per heavy atom. The van der Waals surface area contributed by atoms with Crippen LogP contribution in [0.25, 0.3) is 10.9 Å². The molecule has 1 aromatic carbocycles. The molecule has 0 aliphatic heterocycles. The molecule has 2 aromatic rings. The largest absolute Gasteiger partial charge is 0.481 e. The molecule has 0 spiro atoms. The summed E-state index contributed by atoms with van der Waals surface area (Å²) in [6.07, 6.45) is 6.72. The number of nitrogens with one attached hydrogen (secondary N) is 2. The van der Waals surface area contributed by atoms with Gasteiger partial charge in [-0.25, -0.2) is 0 Å². The van der Waals surface area contributed by atoms with E-state index in [0.717, 1.165) is 43.0 Å². The number of benzene rings is 1. The monoisotopic (exact) mass is 302 g/mol. The molecule has 0 radical (unpaired) electrons. The average Bonchev–Trinajstić information content (AvgIpc) is 2.96. The van der Waals surface area contributed by atoms with Gasteiger partial charge in [0, 0.05) is 35.6 Å². The van der Waals surface area contributed by atoms with E-state index in [1.165, 1.54) is 0 Å². The number of rotatable bonds is 9. The van der Waals surface area contributed by atoms with E-state index in [0.29, 0.717) is 12.1 Å². The van der Waals surface area contributed by atoms with E-state index < -0.39 is 5.97 Å². The molecule has 5 heteroatoms. The van der Waals surface area contributed by atoms with Gasteiger partial charge < -0.3 is 15.4 Å². The van der Waals surface area contributed by atoms with Crippen LogP contribution in [-0.2, 0) is 4.79 Å². The molecule has 1 amide bonds. The van der Waals surface area contributed by atoms with Crippen LogP contribution in [0.1, 0.15) is 48.9 Å². The maximum atomic E-state index is 12.0. The second kappa shape index (κ2) is 8.22. The van der Waals surface area contributed by atoms with E-state index in [1.807, 2.05) is 30.5 Å². The summed E-state index contributed by atoms with van der Waals surface area (Å²) in [5.74, 6) is -0.777. The summed E-state index contributed by atoms with van der Waals surface area (Å²) in [4.78, 5) is 25.5. The summed E-state index contributed by atoms with van der Waals surface area (Å²) in [5.41, 5.74) is 1.70. The molecule has 0 bridgehead atoms. The highest BCUT2D eigenvalue weighted by Gasteiger charge is 2.06. The van der Waals surface area contributed by atoms with E-state index in [4.69, 9.17) is 5.11 Å². The first-order chi connectivity index (χ1) is 10.7. The lowest BCUT2D eigenvalue weighted by Gasteiger charge is -2.05. The zero-order valence-electron chi connectivity index (χ0n) is 12.6. The summed E-state index contributed by atoms with van der Waals surface area (Å²) in [6.45, 7) is 0.656. The highest BCUT2D eigenvalue weighted by molar-refractivity contribution is 5.98. The predicted octanol–water partition coefficient (Wildman–Crippen LogP) is 3.32. The minimum atomic E-state index is -0.730. The molecule has 0 unspecified atom stereocenters. The highest BCUT2D eigenvalue weighted by Crippen LogP contribution is 2.14. The highest BCUT2D eigenvalue weighted by atomic mass is 16.4. The van der Waals surface area contributed by atoms with Crippen LogP contribution < -0.4 is 5.32 Å². The molecule has 2 rings (SSSR count). The van der Waals surface area contributed by atoms with Gasteiger partial charge in [0.05, 0.1) is 0 Å². The molecule has 0 aliphatic carbocycles. The molecule has 1 heterocycles. The summed E-state index contributed by atoms with van der Waals surface area (Å²) in [6, 6.07) is 7.56. The van der Waals surface area contributed by atoms with Crippen molar-refractivity contribution in [3.05, 3.63) is 36.0 Å². The second-order valence-electron chi connectivity index (χ2n) is 5.45. The van der Waals surface area contributed by atoms with Gasteiger partial charge >= 0.3 is 5.97 Å². The number of carbonyl (C=O) groups excluding carboxylic acids is 1. The SMILES string of the molecule is O=C(O)CCCCCCCNC(=O)c1ccc2[nH]ccc2c1. The third-order valence-electron chi connectivity index (χ3n) is 3.67. The van der Waals surface area contributed by atoms with Gasteiger partial charge in [0.1, 0.15) is 0 Å². The number of carboxylic acids is 1. The Morgan fingerprint density at radius 3 is 2.64 bits per heavy atom. The van der Waals surface area contributed by atoms with Crippen LogP contribution in [0.4, 0.5) is 0 Å². The molecular weight excluding hydrogens is 280 g/mol. The van der Waals surface area contributed by atoms with Crippen LogP contribution in [-0.4, -0.2) is 28.5 Å². The molecule has 0 saturated carbocycles. The van der Waals surface area contributed by atoms with Gasteiger partial charge in [-0.15, -0.1) is 0 Å². The molecular formula is C17H22N2O3. The molecule has 0 saturated heterocycles. The molecule has 0 fully saturated rings. The van der Waals surface area contributed by atoms with Crippen molar-refractivity contribution < 1.29 is 14.7 Å². The summed E-state index contributed by atoms with van der Waals surface area (Å²) >= 11 is 0.